The monoisotopic (exact) mass is 161 g/mol. The zero-order valence-electron chi connectivity index (χ0n) is 7.22. The summed E-state index contributed by atoms with van der Waals surface area (Å²) in [5.41, 5.74) is 2.39. The van der Waals surface area contributed by atoms with Crippen LogP contribution < -0.4 is 4.98 Å². The largest absolute Gasteiger partial charge is 0.252 e. The van der Waals surface area contributed by atoms with Crippen molar-refractivity contribution in [1.29, 1.82) is 0 Å². The maximum atomic E-state index is 3.34. The molecule has 0 bridgehead atoms. The zero-order valence-corrected chi connectivity index (χ0v) is 7.22. The Kier molecular flexibility index (Phi) is 1.82. The number of nitrogens with one attached hydrogen (secondary N) is 2. The van der Waals surface area contributed by atoms with Crippen molar-refractivity contribution < 1.29 is 4.98 Å². The summed E-state index contributed by atoms with van der Waals surface area (Å²) in [6.07, 6.45) is 2.26. The van der Waals surface area contributed by atoms with E-state index in [2.05, 4.69) is 29.0 Å². The molecule has 1 aromatic carbocycles. The Hall–Kier alpha value is -1.31. The minimum atomic E-state index is 1.09. The van der Waals surface area contributed by atoms with Crippen LogP contribution in [0.15, 0.2) is 24.3 Å². The molecule has 1 heterocycles. The van der Waals surface area contributed by atoms with Gasteiger partial charge < -0.3 is 0 Å². The summed E-state index contributed by atoms with van der Waals surface area (Å²) >= 11 is 0. The van der Waals surface area contributed by atoms with Crippen LogP contribution in [0.5, 0.6) is 0 Å². The molecule has 0 amide bonds. The fourth-order valence-corrected chi connectivity index (χ4v) is 1.43. The summed E-state index contributed by atoms with van der Waals surface area (Å²) < 4.78 is 0. The lowest BCUT2D eigenvalue weighted by molar-refractivity contribution is -0.357. The standard InChI is InChI=1S/C10H12N2/c1-2-5-10-11-8-6-3-4-7-9(8)12-10/h3-4,6-7H,2,5H2,1H3,(H,11,12)/p+1. The van der Waals surface area contributed by atoms with Gasteiger partial charge in [0.25, 0.3) is 5.82 Å². The van der Waals surface area contributed by atoms with Gasteiger partial charge in [0.05, 0.1) is 0 Å². The molecule has 2 N–H and O–H groups in total. The average Bonchev–Trinajstić information content (AvgIpc) is 2.47. The fourth-order valence-electron chi connectivity index (χ4n) is 1.43. The number of aryl methyl sites for hydroxylation is 1. The summed E-state index contributed by atoms with van der Waals surface area (Å²) in [7, 11) is 0. The van der Waals surface area contributed by atoms with E-state index >= 15 is 0 Å². The molecule has 0 saturated carbocycles. The molecule has 0 radical (unpaired) electrons. The predicted octanol–water partition coefficient (Wildman–Crippen LogP) is 1.93. The van der Waals surface area contributed by atoms with Crippen molar-refractivity contribution in [2.75, 3.05) is 0 Å². The van der Waals surface area contributed by atoms with Gasteiger partial charge in [-0.05, 0) is 18.6 Å². The van der Waals surface area contributed by atoms with E-state index in [0.29, 0.717) is 0 Å². The molecule has 2 rings (SSSR count). The molecule has 2 heteroatoms. The third-order valence-corrected chi connectivity index (χ3v) is 2.00. The van der Waals surface area contributed by atoms with Crippen LogP contribution in [0.4, 0.5) is 0 Å². The Morgan fingerprint density at radius 2 is 2.17 bits per heavy atom. The van der Waals surface area contributed by atoms with E-state index < -0.39 is 0 Å². The van der Waals surface area contributed by atoms with Crippen molar-refractivity contribution in [3.63, 3.8) is 0 Å². The van der Waals surface area contributed by atoms with Gasteiger partial charge in [-0.1, -0.05) is 19.1 Å². The molecule has 0 aliphatic heterocycles. The smallest absolute Gasteiger partial charge is 0.241 e. The SMILES string of the molecule is CCCc1[nH]c2ccccc2[nH+]1. The summed E-state index contributed by atoms with van der Waals surface area (Å²) in [4.78, 5) is 6.68. The van der Waals surface area contributed by atoms with Crippen molar-refractivity contribution in [1.82, 2.24) is 4.98 Å². The highest BCUT2D eigenvalue weighted by atomic mass is 14.9. The van der Waals surface area contributed by atoms with Crippen molar-refractivity contribution >= 4 is 11.0 Å². The molecule has 2 aromatic rings. The number of aromatic amines is 2. The molecule has 2 nitrogen and oxygen atoms in total. The van der Waals surface area contributed by atoms with Gasteiger partial charge >= 0.3 is 0 Å². The second-order valence-corrected chi connectivity index (χ2v) is 3.02. The van der Waals surface area contributed by atoms with Crippen molar-refractivity contribution in [2.24, 2.45) is 0 Å². The van der Waals surface area contributed by atoms with Crippen LogP contribution in [-0.4, -0.2) is 4.98 Å². The summed E-state index contributed by atoms with van der Waals surface area (Å²) in [6, 6.07) is 8.26. The lowest BCUT2D eigenvalue weighted by Gasteiger charge is -1.80. The molecule has 0 spiro atoms. The number of fused-ring (bicyclic) bond motifs is 1. The summed E-state index contributed by atoms with van der Waals surface area (Å²) in [5.74, 6) is 1.22. The van der Waals surface area contributed by atoms with E-state index in [1.807, 2.05) is 12.1 Å². The number of aromatic nitrogens is 2. The first-order valence-corrected chi connectivity index (χ1v) is 4.39. The first-order chi connectivity index (χ1) is 5.90. The minimum absolute atomic E-state index is 1.09. The maximum absolute atomic E-state index is 3.34. The third kappa shape index (κ3) is 1.20. The van der Waals surface area contributed by atoms with Crippen LogP contribution in [-0.2, 0) is 6.42 Å². The van der Waals surface area contributed by atoms with Crippen LogP contribution in [0.2, 0.25) is 0 Å². The van der Waals surface area contributed by atoms with Crippen LogP contribution in [0.3, 0.4) is 0 Å². The fraction of sp³-hybridized carbons (Fsp3) is 0.300. The Balaban J connectivity index is 2.47. The van der Waals surface area contributed by atoms with Crippen molar-refractivity contribution in [2.45, 2.75) is 19.8 Å². The zero-order chi connectivity index (χ0) is 8.39. The lowest BCUT2D eigenvalue weighted by Crippen LogP contribution is -2.06. The first-order valence-electron chi connectivity index (χ1n) is 4.39. The summed E-state index contributed by atoms with van der Waals surface area (Å²) in [5, 5.41) is 0. The number of imidazole rings is 1. The van der Waals surface area contributed by atoms with Crippen LogP contribution in [0, 0.1) is 0 Å². The number of rotatable bonds is 2. The molecule has 0 fully saturated rings. The van der Waals surface area contributed by atoms with Crippen molar-refractivity contribution in [3.8, 4) is 0 Å². The first kappa shape index (κ1) is 7.35. The Morgan fingerprint density at radius 1 is 1.33 bits per heavy atom. The number of hydrogen-bond acceptors (Lipinski definition) is 0. The molecule has 0 aliphatic rings. The van der Waals surface area contributed by atoms with Gasteiger partial charge in [-0.2, -0.15) is 0 Å². The number of hydrogen-bond donors (Lipinski definition) is 1. The highest BCUT2D eigenvalue weighted by molar-refractivity contribution is 5.70. The third-order valence-electron chi connectivity index (χ3n) is 2.00. The number of para-hydroxylation sites is 2. The Labute approximate surface area is 71.6 Å². The molecular formula is C10H13N2+. The molecular weight excluding hydrogens is 148 g/mol. The molecule has 62 valence electrons. The van der Waals surface area contributed by atoms with E-state index in [-0.39, 0.29) is 0 Å². The number of benzene rings is 1. The van der Waals surface area contributed by atoms with E-state index in [0.717, 1.165) is 6.42 Å². The van der Waals surface area contributed by atoms with Gasteiger partial charge in [-0.25, -0.2) is 9.97 Å². The van der Waals surface area contributed by atoms with Gasteiger partial charge in [0.2, 0.25) is 0 Å². The summed E-state index contributed by atoms with van der Waals surface area (Å²) in [6.45, 7) is 2.18. The Morgan fingerprint density at radius 3 is 2.92 bits per heavy atom. The topological polar surface area (TPSA) is 29.9 Å². The van der Waals surface area contributed by atoms with Crippen LogP contribution >= 0.6 is 0 Å². The normalized spacial score (nSPS) is 10.8. The van der Waals surface area contributed by atoms with E-state index in [1.165, 1.54) is 23.3 Å². The van der Waals surface area contributed by atoms with Crippen molar-refractivity contribution in [3.05, 3.63) is 30.1 Å². The van der Waals surface area contributed by atoms with Gasteiger partial charge in [-0.3, -0.25) is 0 Å². The van der Waals surface area contributed by atoms with Gasteiger partial charge in [0, 0.05) is 6.42 Å². The minimum Gasteiger partial charge on any atom is -0.241 e. The van der Waals surface area contributed by atoms with E-state index in [9.17, 15) is 0 Å². The molecule has 0 unspecified atom stereocenters. The molecule has 0 saturated heterocycles. The molecule has 0 atom stereocenters. The quantitative estimate of drug-likeness (QED) is 0.697. The van der Waals surface area contributed by atoms with E-state index in [1.54, 1.807) is 0 Å². The average molecular weight is 161 g/mol. The van der Waals surface area contributed by atoms with Crippen LogP contribution in [0.1, 0.15) is 19.2 Å². The molecule has 0 aliphatic carbocycles. The predicted molar refractivity (Wildman–Crippen MR) is 48.8 cm³/mol. The maximum Gasteiger partial charge on any atom is 0.252 e. The highest BCUT2D eigenvalue weighted by Crippen LogP contribution is 2.06. The molecule has 1 aromatic heterocycles. The second kappa shape index (κ2) is 2.97. The van der Waals surface area contributed by atoms with Gasteiger partial charge in [-0.15, -0.1) is 0 Å². The second-order valence-electron chi connectivity index (χ2n) is 3.02. The van der Waals surface area contributed by atoms with Gasteiger partial charge in [0.15, 0.2) is 11.0 Å². The van der Waals surface area contributed by atoms with Gasteiger partial charge in [0.1, 0.15) is 0 Å². The highest BCUT2D eigenvalue weighted by Gasteiger charge is 2.06. The van der Waals surface area contributed by atoms with Crippen LogP contribution in [0.25, 0.3) is 11.0 Å². The van der Waals surface area contributed by atoms with E-state index in [4.69, 9.17) is 0 Å². The Bertz CT molecular complexity index is 343. The lowest BCUT2D eigenvalue weighted by atomic mass is 10.3. The number of H-pyrrole nitrogens is 2. The molecule has 12 heavy (non-hydrogen) atoms.